The summed E-state index contributed by atoms with van der Waals surface area (Å²) in [5.74, 6) is 1.34. The van der Waals surface area contributed by atoms with E-state index < -0.39 is 10.8 Å². The van der Waals surface area contributed by atoms with Crippen molar-refractivity contribution in [2.24, 2.45) is 4.99 Å². The maximum Gasteiger partial charge on any atom is 0.191 e. The number of benzene rings is 1. The summed E-state index contributed by atoms with van der Waals surface area (Å²) in [5, 5.41) is 7.19. The van der Waals surface area contributed by atoms with Crippen LogP contribution in [0, 0.1) is 0 Å². The van der Waals surface area contributed by atoms with Crippen molar-refractivity contribution in [3.05, 3.63) is 34.9 Å². The Morgan fingerprint density at radius 1 is 1.27 bits per heavy atom. The Balaban J connectivity index is 2.30. The fourth-order valence-electron chi connectivity index (χ4n) is 1.81. The van der Waals surface area contributed by atoms with Crippen LogP contribution >= 0.6 is 11.6 Å². The largest absolute Gasteiger partial charge is 0.356 e. The van der Waals surface area contributed by atoms with Gasteiger partial charge in [-0.2, -0.15) is 0 Å². The molecular formula is C16H26ClN3OS. The molecule has 1 atom stereocenters. The summed E-state index contributed by atoms with van der Waals surface area (Å²) in [6, 6.07) is 7.84. The summed E-state index contributed by atoms with van der Waals surface area (Å²) in [4.78, 5) is 4.17. The number of nitrogens with zero attached hydrogens (tertiary/aromatic N) is 1. The van der Waals surface area contributed by atoms with Gasteiger partial charge in [0.05, 0.1) is 0 Å². The van der Waals surface area contributed by atoms with Gasteiger partial charge in [-0.15, -0.1) is 0 Å². The van der Waals surface area contributed by atoms with E-state index in [1.54, 1.807) is 7.05 Å². The van der Waals surface area contributed by atoms with Crippen LogP contribution < -0.4 is 10.6 Å². The Morgan fingerprint density at radius 2 is 1.95 bits per heavy atom. The van der Waals surface area contributed by atoms with Crippen molar-refractivity contribution in [2.75, 3.05) is 25.9 Å². The van der Waals surface area contributed by atoms with E-state index >= 15 is 0 Å². The maximum atomic E-state index is 12.0. The average molecular weight is 344 g/mol. The minimum Gasteiger partial charge on any atom is -0.356 e. The molecule has 0 bridgehead atoms. The zero-order valence-electron chi connectivity index (χ0n) is 13.8. The van der Waals surface area contributed by atoms with Crippen molar-refractivity contribution in [2.45, 2.75) is 31.9 Å². The quantitative estimate of drug-likeness (QED) is 0.616. The highest BCUT2D eigenvalue weighted by atomic mass is 35.5. The summed E-state index contributed by atoms with van der Waals surface area (Å²) < 4.78 is 11.8. The van der Waals surface area contributed by atoms with Gasteiger partial charge in [0.2, 0.25) is 0 Å². The Hall–Kier alpha value is -1.07. The van der Waals surface area contributed by atoms with Gasteiger partial charge in [0.25, 0.3) is 0 Å². The molecule has 0 radical (unpaired) electrons. The van der Waals surface area contributed by atoms with E-state index in [1.807, 2.05) is 39.0 Å². The molecule has 0 aliphatic rings. The Labute approximate surface area is 141 Å². The second-order valence-corrected chi connectivity index (χ2v) is 8.73. The monoisotopic (exact) mass is 343 g/mol. The molecule has 22 heavy (non-hydrogen) atoms. The number of hydrogen-bond donors (Lipinski definition) is 2. The fraction of sp³-hybridized carbons (Fsp3) is 0.562. The number of nitrogens with one attached hydrogen (secondary N) is 2. The first-order chi connectivity index (χ1) is 10.3. The number of halogens is 1. The molecule has 1 aromatic carbocycles. The van der Waals surface area contributed by atoms with E-state index in [2.05, 4.69) is 21.7 Å². The summed E-state index contributed by atoms with van der Waals surface area (Å²) in [6.07, 6.45) is 0.870. The molecule has 4 nitrogen and oxygen atoms in total. The van der Waals surface area contributed by atoms with E-state index in [0.29, 0.717) is 12.3 Å². The van der Waals surface area contributed by atoms with E-state index in [-0.39, 0.29) is 4.75 Å². The van der Waals surface area contributed by atoms with Crippen LogP contribution in [0.5, 0.6) is 0 Å². The van der Waals surface area contributed by atoms with Crippen molar-refractivity contribution in [3.8, 4) is 0 Å². The van der Waals surface area contributed by atoms with Crippen LogP contribution in [0.2, 0.25) is 5.02 Å². The molecule has 0 amide bonds. The molecule has 2 N–H and O–H groups in total. The number of guanidine groups is 1. The molecule has 0 saturated carbocycles. The minimum absolute atomic E-state index is 0.175. The molecule has 1 unspecified atom stereocenters. The second kappa shape index (κ2) is 9.16. The molecular weight excluding hydrogens is 318 g/mol. The van der Waals surface area contributed by atoms with Gasteiger partial charge < -0.3 is 10.6 Å². The predicted molar refractivity (Wildman–Crippen MR) is 97.3 cm³/mol. The average Bonchev–Trinajstić information content (AvgIpc) is 2.44. The molecule has 124 valence electrons. The number of hydrogen-bond acceptors (Lipinski definition) is 2. The lowest BCUT2D eigenvalue weighted by atomic mass is 10.1. The van der Waals surface area contributed by atoms with Crippen molar-refractivity contribution < 1.29 is 4.21 Å². The standard InChI is InChI=1S/C16H26ClN3OS/c1-16(2,3)22(21)11-10-20-15(18-4)19-9-8-13-6-5-7-14(17)12-13/h5-7,12H,8-11H2,1-4H3,(H2,18,19,20). The van der Waals surface area contributed by atoms with Crippen LogP contribution in [0.25, 0.3) is 0 Å². The first-order valence-electron chi connectivity index (χ1n) is 7.40. The summed E-state index contributed by atoms with van der Waals surface area (Å²) in [6.45, 7) is 7.37. The molecule has 0 aliphatic heterocycles. The number of rotatable bonds is 6. The topological polar surface area (TPSA) is 53.5 Å². The van der Waals surface area contributed by atoms with E-state index in [9.17, 15) is 4.21 Å². The highest BCUT2D eigenvalue weighted by Gasteiger charge is 2.18. The van der Waals surface area contributed by atoms with Crippen LogP contribution in [0.15, 0.2) is 29.3 Å². The first-order valence-corrected chi connectivity index (χ1v) is 9.10. The van der Waals surface area contributed by atoms with Crippen molar-refractivity contribution >= 4 is 28.4 Å². The lowest BCUT2D eigenvalue weighted by Crippen LogP contribution is -2.41. The second-order valence-electron chi connectivity index (χ2n) is 5.97. The zero-order chi connectivity index (χ0) is 16.6. The molecule has 0 heterocycles. The summed E-state index contributed by atoms with van der Waals surface area (Å²) in [5.41, 5.74) is 1.18. The van der Waals surface area contributed by atoms with Gasteiger partial charge in [0.15, 0.2) is 5.96 Å². The van der Waals surface area contributed by atoms with Crippen LogP contribution in [0.4, 0.5) is 0 Å². The highest BCUT2D eigenvalue weighted by molar-refractivity contribution is 7.86. The molecule has 0 aromatic heterocycles. The Kier molecular flexibility index (Phi) is 7.90. The first kappa shape index (κ1) is 19.0. The molecule has 0 aliphatic carbocycles. The zero-order valence-corrected chi connectivity index (χ0v) is 15.4. The normalized spacial score (nSPS) is 13.8. The lowest BCUT2D eigenvalue weighted by Gasteiger charge is -2.18. The molecule has 0 spiro atoms. The SMILES string of the molecule is CN=C(NCCc1cccc(Cl)c1)NCCS(=O)C(C)(C)C. The number of aliphatic imine (C=N–C) groups is 1. The van der Waals surface area contributed by atoms with Crippen molar-refractivity contribution in [1.82, 2.24) is 10.6 Å². The Bertz CT molecular complexity index is 526. The van der Waals surface area contributed by atoms with Crippen LogP contribution in [-0.2, 0) is 17.2 Å². The maximum absolute atomic E-state index is 12.0. The van der Waals surface area contributed by atoms with E-state index in [0.717, 1.165) is 23.9 Å². The molecule has 0 fully saturated rings. The fourth-order valence-corrected chi connectivity index (χ4v) is 2.92. The molecule has 0 saturated heterocycles. The van der Waals surface area contributed by atoms with Crippen molar-refractivity contribution in [3.63, 3.8) is 0 Å². The van der Waals surface area contributed by atoms with Gasteiger partial charge >= 0.3 is 0 Å². The van der Waals surface area contributed by atoms with Gasteiger partial charge in [0.1, 0.15) is 0 Å². The van der Waals surface area contributed by atoms with Gasteiger partial charge in [-0.25, -0.2) is 0 Å². The van der Waals surface area contributed by atoms with Crippen molar-refractivity contribution in [1.29, 1.82) is 0 Å². The summed E-state index contributed by atoms with van der Waals surface area (Å²) >= 11 is 5.96. The minimum atomic E-state index is -0.854. The van der Waals surface area contributed by atoms with Gasteiger partial charge in [-0.3, -0.25) is 9.20 Å². The third-order valence-electron chi connectivity index (χ3n) is 3.08. The molecule has 6 heteroatoms. The third kappa shape index (κ3) is 7.27. The molecule has 1 rings (SSSR count). The van der Waals surface area contributed by atoms with E-state index in [1.165, 1.54) is 5.56 Å². The predicted octanol–water partition coefficient (Wildman–Crippen LogP) is 2.59. The van der Waals surface area contributed by atoms with E-state index in [4.69, 9.17) is 11.6 Å². The van der Waals surface area contributed by atoms with Gasteiger partial charge in [-0.05, 0) is 44.9 Å². The van der Waals surface area contributed by atoms with Crippen LogP contribution in [0.1, 0.15) is 26.3 Å². The van der Waals surface area contributed by atoms with Crippen LogP contribution in [-0.4, -0.2) is 40.8 Å². The van der Waals surface area contributed by atoms with Crippen LogP contribution in [0.3, 0.4) is 0 Å². The Morgan fingerprint density at radius 3 is 2.55 bits per heavy atom. The van der Waals surface area contributed by atoms with Gasteiger partial charge in [-0.1, -0.05) is 23.7 Å². The third-order valence-corrected chi connectivity index (χ3v) is 5.26. The lowest BCUT2D eigenvalue weighted by molar-refractivity contribution is 0.647. The van der Waals surface area contributed by atoms with Gasteiger partial charge in [0, 0.05) is 46.5 Å². The highest BCUT2D eigenvalue weighted by Crippen LogP contribution is 2.11. The molecule has 1 aromatic rings. The summed E-state index contributed by atoms with van der Waals surface area (Å²) in [7, 11) is 0.878. The smallest absolute Gasteiger partial charge is 0.191 e.